The van der Waals surface area contributed by atoms with Gasteiger partial charge in [-0.3, -0.25) is 14.3 Å². The monoisotopic (exact) mass is 784 g/mol. The summed E-state index contributed by atoms with van der Waals surface area (Å²) in [5, 5.41) is 5.49. The molecule has 0 heterocycles. The fraction of sp³-hybridized carbons (Fsp3) is 0.342. The molecule has 3 aromatic carbocycles. The van der Waals surface area contributed by atoms with Crippen molar-refractivity contribution < 1.29 is 46.1 Å². The van der Waals surface area contributed by atoms with E-state index in [9.17, 15) is 27.4 Å². The first kappa shape index (κ1) is 43.6. The van der Waals surface area contributed by atoms with Gasteiger partial charge in [-0.05, 0) is 55.7 Å². The Hall–Kier alpha value is -4.79. The Morgan fingerprint density at radius 2 is 1.56 bits per heavy atom. The number of nitrogens with one attached hydrogen (secondary N) is 2. The Kier molecular flexibility index (Phi) is 17.6. The van der Waals surface area contributed by atoms with Crippen LogP contribution in [0.5, 0.6) is 5.75 Å². The number of esters is 1. The topological polar surface area (TPSA) is 193 Å². The molecule has 14 nitrogen and oxygen atoms in total. The van der Waals surface area contributed by atoms with Crippen LogP contribution in [0.15, 0.2) is 109 Å². The number of rotatable bonds is 22. The molecule has 3 aromatic rings. The summed E-state index contributed by atoms with van der Waals surface area (Å²) in [6.45, 7) is 6.63. The molecule has 0 radical (unpaired) electrons. The van der Waals surface area contributed by atoms with E-state index in [1.165, 1.54) is 6.08 Å². The fourth-order valence-corrected chi connectivity index (χ4v) is 6.93. The highest BCUT2D eigenvalue weighted by Gasteiger charge is 2.31. The van der Waals surface area contributed by atoms with Crippen molar-refractivity contribution in [2.45, 2.75) is 45.6 Å². The number of sulfone groups is 1. The highest BCUT2D eigenvalue weighted by atomic mass is 32.2. The van der Waals surface area contributed by atoms with E-state index in [4.69, 9.17) is 24.5 Å². The lowest BCUT2D eigenvalue weighted by Crippen LogP contribution is -2.37. The van der Waals surface area contributed by atoms with Gasteiger partial charge in [-0.15, -0.1) is 6.58 Å². The van der Waals surface area contributed by atoms with E-state index in [1.54, 1.807) is 74.5 Å². The standard InChI is InChI=1S/C38H49N4O10PS/c1-5-35(37(44)50-26-31-14-8-6-9-15-31)41-53(46,52-34-16-10-7-11-17-34)23-12-13-29(2)25-49-28-42(22-24-54(4,47)48)38(45)51-27-32-18-20-33(21-19-32)40-36(43)30(3)39/h5-11,13-21,30,35H,1,12,22-28,39H2,2-4H3,(H,40,43)(H,41,46)/b29-13+/t30-,35-,53?/m0/s1. The average Bonchev–Trinajstić information content (AvgIpc) is 3.14. The molecule has 0 bridgehead atoms. The Morgan fingerprint density at radius 1 is 0.944 bits per heavy atom. The van der Waals surface area contributed by atoms with Gasteiger partial charge in [0.1, 0.15) is 41.6 Å². The third-order valence-electron chi connectivity index (χ3n) is 7.53. The summed E-state index contributed by atoms with van der Waals surface area (Å²) in [5.41, 5.74) is 8.27. The molecular formula is C38H49N4O10PS. The summed E-state index contributed by atoms with van der Waals surface area (Å²) < 4.78 is 60.3. The third-order valence-corrected chi connectivity index (χ3v) is 10.5. The van der Waals surface area contributed by atoms with Gasteiger partial charge in [-0.2, -0.15) is 0 Å². The van der Waals surface area contributed by atoms with Gasteiger partial charge in [0.05, 0.1) is 24.6 Å². The summed E-state index contributed by atoms with van der Waals surface area (Å²) >= 11 is 0. The Balaban J connectivity index is 1.58. The highest BCUT2D eigenvalue weighted by molar-refractivity contribution is 7.90. The van der Waals surface area contributed by atoms with Crippen LogP contribution in [0, 0.1) is 0 Å². The maximum atomic E-state index is 14.1. The van der Waals surface area contributed by atoms with E-state index in [0.717, 1.165) is 22.3 Å². The van der Waals surface area contributed by atoms with Gasteiger partial charge >= 0.3 is 19.6 Å². The molecule has 0 aliphatic rings. The molecule has 0 saturated carbocycles. The number of nitrogens with two attached hydrogens (primary N) is 1. The molecule has 3 atom stereocenters. The smallest absolute Gasteiger partial charge is 0.411 e. The van der Waals surface area contributed by atoms with Crippen LogP contribution < -0.4 is 20.7 Å². The summed E-state index contributed by atoms with van der Waals surface area (Å²) in [5.74, 6) is -0.957. The number of carbonyl (C=O) groups is 3. The molecular weight excluding hydrogens is 735 g/mol. The summed E-state index contributed by atoms with van der Waals surface area (Å²) in [6.07, 6.45) is 3.66. The van der Waals surface area contributed by atoms with Gasteiger partial charge in [0, 0.05) is 18.5 Å². The third kappa shape index (κ3) is 16.5. The highest BCUT2D eigenvalue weighted by Crippen LogP contribution is 2.44. The Morgan fingerprint density at radius 3 is 2.17 bits per heavy atom. The fourth-order valence-electron chi connectivity index (χ4n) is 4.54. The van der Waals surface area contributed by atoms with Crippen molar-refractivity contribution in [3.8, 4) is 5.75 Å². The minimum Gasteiger partial charge on any atom is -0.459 e. The maximum absolute atomic E-state index is 14.1. The second-order valence-corrected chi connectivity index (χ2v) is 17.0. The quantitative estimate of drug-likeness (QED) is 0.0508. The lowest BCUT2D eigenvalue weighted by atomic mass is 10.2. The van der Waals surface area contributed by atoms with Gasteiger partial charge < -0.3 is 29.8 Å². The van der Waals surface area contributed by atoms with Crippen LogP contribution in [-0.4, -0.2) is 81.4 Å². The van der Waals surface area contributed by atoms with E-state index < -0.39 is 41.5 Å². The number of carbonyl (C=O) groups excluding carboxylic acids is 3. The number of allylic oxidation sites excluding steroid dienone is 1. The normalized spacial score (nSPS) is 13.8. The number of ether oxygens (including phenoxy) is 3. The summed E-state index contributed by atoms with van der Waals surface area (Å²) in [6, 6.07) is 22.6. The predicted octanol–water partition coefficient (Wildman–Crippen LogP) is 5.43. The molecule has 292 valence electrons. The first-order valence-corrected chi connectivity index (χ1v) is 21.0. The Bertz CT molecular complexity index is 1860. The number of anilines is 1. The van der Waals surface area contributed by atoms with Crippen LogP contribution in [0.1, 0.15) is 31.4 Å². The van der Waals surface area contributed by atoms with Crippen molar-refractivity contribution in [3.63, 3.8) is 0 Å². The van der Waals surface area contributed by atoms with Crippen LogP contribution in [0.25, 0.3) is 0 Å². The molecule has 0 aromatic heterocycles. The SMILES string of the molecule is C=C[C@H](NP(=O)(CC/C=C(\C)COCN(CCS(C)(=O)=O)C(=O)OCc1ccc(NC(=O)[C@H](C)N)cc1)Oc1ccccc1)C(=O)OCc1ccccc1. The number of hydrogen-bond acceptors (Lipinski definition) is 11. The molecule has 0 saturated heterocycles. The van der Waals surface area contributed by atoms with E-state index >= 15 is 0 Å². The first-order valence-electron chi connectivity index (χ1n) is 17.1. The second-order valence-electron chi connectivity index (χ2n) is 12.5. The molecule has 4 N–H and O–H groups in total. The number of amides is 2. The summed E-state index contributed by atoms with van der Waals surface area (Å²) in [4.78, 5) is 38.8. The van der Waals surface area contributed by atoms with Crippen molar-refractivity contribution in [1.82, 2.24) is 9.99 Å². The van der Waals surface area contributed by atoms with Crippen LogP contribution in [0.2, 0.25) is 0 Å². The average molecular weight is 785 g/mol. The summed E-state index contributed by atoms with van der Waals surface area (Å²) in [7, 11) is -7.11. The number of nitrogens with zero attached hydrogens (tertiary/aromatic N) is 1. The van der Waals surface area contributed by atoms with Crippen molar-refractivity contribution in [2.24, 2.45) is 5.73 Å². The minimum atomic E-state index is -3.70. The zero-order chi connectivity index (χ0) is 39.6. The van der Waals surface area contributed by atoms with Gasteiger partial charge in [0.2, 0.25) is 5.91 Å². The van der Waals surface area contributed by atoms with Crippen LogP contribution in [0.4, 0.5) is 10.5 Å². The lowest BCUT2D eigenvalue weighted by Gasteiger charge is -2.24. The molecule has 0 aliphatic heterocycles. The first-order chi connectivity index (χ1) is 25.7. The second kappa shape index (κ2) is 21.8. The van der Waals surface area contributed by atoms with Crippen molar-refractivity contribution in [3.05, 3.63) is 120 Å². The predicted molar refractivity (Wildman–Crippen MR) is 207 cm³/mol. The van der Waals surface area contributed by atoms with Crippen molar-refractivity contribution >= 4 is 41.0 Å². The maximum Gasteiger partial charge on any atom is 0.411 e. The molecule has 0 aliphatic carbocycles. The van der Waals surface area contributed by atoms with Crippen LogP contribution >= 0.6 is 7.52 Å². The molecule has 3 rings (SSSR count). The zero-order valence-electron chi connectivity index (χ0n) is 30.7. The zero-order valence-corrected chi connectivity index (χ0v) is 32.4. The largest absolute Gasteiger partial charge is 0.459 e. The molecule has 0 spiro atoms. The number of para-hydroxylation sites is 1. The number of benzene rings is 3. The van der Waals surface area contributed by atoms with E-state index in [2.05, 4.69) is 17.0 Å². The molecule has 54 heavy (non-hydrogen) atoms. The molecule has 0 fully saturated rings. The van der Waals surface area contributed by atoms with Crippen LogP contribution in [0.3, 0.4) is 0 Å². The van der Waals surface area contributed by atoms with Crippen LogP contribution in [-0.2, 0) is 51.4 Å². The van der Waals surface area contributed by atoms with Crippen molar-refractivity contribution in [1.29, 1.82) is 0 Å². The Labute approximate surface area is 317 Å². The van der Waals surface area contributed by atoms with Gasteiger partial charge in [0.25, 0.3) is 0 Å². The lowest BCUT2D eigenvalue weighted by molar-refractivity contribution is -0.145. The van der Waals surface area contributed by atoms with Gasteiger partial charge in [-0.1, -0.05) is 78.4 Å². The van der Waals surface area contributed by atoms with Crippen molar-refractivity contribution in [2.75, 3.05) is 43.4 Å². The van der Waals surface area contributed by atoms with E-state index in [0.29, 0.717) is 17.0 Å². The van der Waals surface area contributed by atoms with E-state index in [1.807, 2.05) is 30.3 Å². The minimum absolute atomic E-state index is 0.00183. The molecule has 1 unspecified atom stereocenters. The van der Waals surface area contributed by atoms with Gasteiger partial charge in [0.15, 0.2) is 0 Å². The van der Waals surface area contributed by atoms with Gasteiger partial charge in [-0.25, -0.2) is 23.1 Å². The molecule has 2 amide bonds. The molecule has 16 heteroatoms. The number of hydrogen-bond donors (Lipinski definition) is 3. The van der Waals surface area contributed by atoms with E-state index in [-0.39, 0.29) is 57.3 Å².